The molecule has 180 valence electrons. The second-order valence-corrected chi connectivity index (χ2v) is 6.87. The van der Waals surface area contributed by atoms with Crippen molar-refractivity contribution in [3.8, 4) is 11.4 Å². The quantitative estimate of drug-likeness (QED) is 0.286. The van der Waals surface area contributed by atoms with Crippen LogP contribution in [-0.4, -0.2) is 22.9 Å². The van der Waals surface area contributed by atoms with E-state index in [1.165, 1.54) is 6.07 Å². The van der Waals surface area contributed by atoms with Crippen molar-refractivity contribution in [2.75, 3.05) is 11.4 Å². The minimum Gasteiger partial charge on any atom is -0.353 e. The molecule has 0 N–H and O–H groups in total. The van der Waals surface area contributed by atoms with Crippen LogP contribution in [0, 0.1) is 6.57 Å². The Balaban J connectivity index is 1.95. The summed E-state index contributed by atoms with van der Waals surface area (Å²) in [7, 11) is 0. The molecule has 3 rings (SSSR count). The SMILES string of the molecule is [C-]#[N+]c1ccc(N(Cc2nc(-c3cccc(C(F)(F)F)c3)no2)CC(F)(F)F)cc1C(F)(F)F. The van der Waals surface area contributed by atoms with E-state index in [0.29, 0.717) is 17.0 Å². The molecule has 3 aromatic rings. The molecule has 0 aliphatic carbocycles. The van der Waals surface area contributed by atoms with E-state index in [9.17, 15) is 39.5 Å². The Kier molecular flexibility index (Phi) is 6.50. The van der Waals surface area contributed by atoms with Crippen molar-refractivity contribution in [1.29, 1.82) is 0 Å². The van der Waals surface area contributed by atoms with Gasteiger partial charge < -0.3 is 9.42 Å². The maximum Gasteiger partial charge on any atom is 0.416 e. The van der Waals surface area contributed by atoms with Crippen molar-refractivity contribution in [2.45, 2.75) is 25.1 Å². The molecule has 5 nitrogen and oxygen atoms in total. The molecule has 0 atom stereocenters. The molecule has 14 heteroatoms. The lowest BCUT2D eigenvalue weighted by molar-refractivity contribution is -0.138. The molecule has 0 fully saturated rings. The molecule has 0 saturated heterocycles. The molecule has 0 unspecified atom stereocenters. The molecule has 0 radical (unpaired) electrons. The van der Waals surface area contributed by atoms with E-state index in [1.54, 1.807) is 0 Å². The van der Waals surface area contributed by atoms with Gasteiger partial charge >= 0.3 is 18.5 Å². The molecule has 0 aliphatic heterocycles. The van der Waals surface area contributed by atoms with Crippen LogP contribution in [0.25, 0.3) is 16.2 Å². The first-order chi connectivity index (χ1) is 15.7. The molecule has 0 amide bonds. The molecular formula is C20H11F9N4O. The van der Waals surface area contributed by atoms with Crippen molar-refractivity contribution in [1.82, 2.24) is 10.1 Å². The predicted molar refractivity (Wildman–Crippen MR) is 99.5 cm³/mol. The van der Waals surface area contributed by atoms with Gasteiger partial charge in [0.25, 0.3) is 0 Å². The Bertz CT molecular complexity index is 1210. The summed E-state index contributed by atoms with van der Waals surface area (Å²) >= 11 is 0. The van der Waals surface area contributed by atoms with E-state index < -0.39 is 60.0 Å². The van der Waals surface area contributed by atoms with Gasteiger partial charge in [0.2, 0.25) is 11.7 Å². The second kappa shape index (κ2) is 8.88. The van der Waals surface area contributed by atoms with Gasteiger partial charge in [-0.3, -0.25) is 0 Å². The van der Waals surface area contributed by atoms with Crippen molar-refractivity contribution in [3.05, 3.63) is 70.9 Å². The van der Waals surface area contributed by atoms with Crippen LogP contribution in [0.1, 0.15) is 17.0 Å². The van der Waals surface area contributed by atoms with E-state index in [-0.39, 0.29) is 11.4 Å². The summed E-state index contributed by atoms with van der Waals surface area (Å²) in [5.41, 5.74) is -3.91. The Labute approximate surface area is 185 Å². The first-order valence-electron chi connectivity index (χ1n) is 9.08. The summed E-state index contributed by atoms with van der Waals surface area (Å²) in [5.74, 6) is -0.841. The highest BCUT2D eigenvalue weighted by Crippen LogP contribution is 2.39. The van der Waals surface area contributed by atoms with Crippen LogP contribution in [0.3, 0.4) is 0 Å². The lowest BCUT2D eigenvalue weighted by atomic mass is 10.1. The highest BCUT2D eigenvalue weighted by molar-refractivity contribution is 5.62. The first-order valence-corrected chi connectivity index (χ1v) is 9.08. The highest BCUT2D eigenvalue weighted by atomic mass is 19.4. The van der Waals surface area contributed by atoms with E-state index in [1.807, 2.05) is 0 Å². The van der Waals surface area contributed by atoms with Crippen LogP contribution in [0.5, 0.6) is 0 Å². The Hall–Kier alpha value is -3.76. The summed E-state index contributed by atoms with van der Waals surface area (Å²) in [6, 6.07) is 5.82. The number of nitrogens with zero attached hydrogens (tertiary/aromatic N) is 4. The number of aromatic nitrogens is 2. The maximum atomic E-state index is 13.2. The van der Waals surface area contributed by atoms with Crippen LogP contribution >= 0.6 is 0 Å². The van der Waals surface area contributed by atoms with Crippen molar-refractivity contribution in [3.63, 3.8) is 0 Å². The smallest absolute Gasteiger partial charge is 0.353 e. The number of alkyl halides is 9. The molecular weight excluding hydrogens is 483 g/mol. The fourth-order valence-electron chi connectivity index (χ4n) is 2.93. The monoisotopic (exact) mass is 494 g/mol. The molecule has 0 spiro atoms. The second-order valence-electron chi connectivity index (χ2n) is 6.87. The number of rotatable bonds is 5. The lowest BCUT2D eigenvalue weighted by Crippen LogP contribution is -2.34. The van der Waals surface area contributed by atoms with Crippen molar-refractivity contribution in [2.24, 2.45) is 0 Å². The molecule has 0 bridgehead atoms. The minimum atomic E-state index is -5.00. The first kappa shape index (κ1) is 24.9. The third-order valence-electron chi connectivity index (χ3n) is 4.38. The molecule has 1 aromatic heterocycles. The number of benzene rings is 2. The topological polar surface area (TPSA) is 46.5 Å². The average Bonchev–Trinajstić information content (AvgIpc) is 3.19. The number of hydrogen-bond donors (Lipinski definition) is 0. The molecule has 34 heavy (non-hydrogen) atoms. The number of anilines is 1. The van der Waals surface area contributed by atoms with Crippen LogP contribution in [0.4, 0.5) is 50.9 Å². The zero-order valence-corrected chi connectivity index (χ0v) is 16.6. The molecule has 0 saturated carbocycles. The Morgan fingerprint density at radius 2 is 1.62 bits per heavy atom. The number of halogens is 9. The van der Waals surface area contributed by atoms with Crippen LogP contribution in [0.15, 0.2) is 47.0 Å². The average molecular weight is 494 g/mol. The molecule has 0 aliphatic rings. The van der Waals surface area contributed by atoms with Crippen LogP contribution in [0.2, 0.25) is 0 Å². The Morgan fingerprint density at radius 1 is 0.912 bits per heavy atom. The largest absolute Gasteiger partial charge is 0.416 e. The lowest BCUT2D eigenvalue weighted by Gasteiger charge is -2.25. The zero-order chi connectivity index (χ0) is 25.3. The summed E-state index contributed by atoms with van der Waals surface area (Å²) in [5, 5.41) is 3.46. The van der Waals surface area contributed by atoms with Gasteiger partial charge in [0.1, 0.15) is 6.54 Å². The van der Waals surface area contributed by atoms with E-state index in [2.05, 4.69) is 15.0 Å². The minimum absolute atomic E-state index is 0.132. The van der Waals surface area contributed by atoms with Gasteiger partial charge in [0.15, 0.2) is 5.69 Å². The summed E-state index contributed by atoms with van der Waals surface area (Å²) < 4.78 is 123. The predicted octanol–water partition coefficient (Wildman–Crippen LogP) is 6.89. The summed E-state index contributed by atoms with van der Waals surface area (Å²) in [6.45, 7) is 4.32. The highest BCUT2D eigenvalue weighted by Gasteiger charge is 2.36. The third kappa shape index (κ3) is 5.97. The van der Waals surface area contributed by atoms with Crippen LogP contribution < -0.4 is 4.90 Å². The van der Waals surface area contributed by atoms with Gasteiger partial charge in [-0.1, -0.05) is 23.4 Å². The maximum absolute atomic E-state index is 13.2. The summed E-state index contributed by atoms with van der Waals surface area (Å²) in [4.78, 5) is 6.97. The fraction of sp³-hybridized carbons (Fsp3) is 0.250. The van der Waals surface area contributed by atoms with Crippen molar-refractivity contribution < 1.29 is 44.0 Å². The Morgan fingerprint density at radius 3 is 2.21 bits per heavy atom. The van der Waals surface area contributed by atoms with Gasteiger partial charge in [0.05, 0.1) is 24.2 Å². The zero-order valence-electron chi connectivity index (χ0n) is 16.6. The van der Waals surface area contributed by atoms with Gasteiger partial charge in [-0.25, -0.2) is 4.85 Å². The number of hydrogen-bond acceptors (Lipinski definition) is 4. The van der Waals surface area contributed by atoms with Crippen molar-refractivity contribution >= 4 is 11.4 Å². The van der Waals surface area contributed by atoms with Gasteiger partial charge in [-0.05, 0) is 24.3 Å². The standard InChI is InChI=1S/C20H11F9N4O/c1-30-15-6-5-13(8-14(15)20(27,28)29)33(10-18(21,22)23)9-16-31-17(32-34-16)11-3-2-4-12(7-11)19(24,25)26/h2-8H,9-10H2. The molecule has 1 heterocycles. The van der Waals surface area contributed by atoms with Crippen LogP contribution in [-0.2, 0) is 18.9 Å². The van der Waals surface area contributed by atoms with Gasteiger partial charge in [0, 0.05) is 11.3 Å². The molecule has 2 aromatic carbocycles. The van der Waals surface area contributed by atoms with E-state index >= 15 is 0 Å². The van der Waals surface area contributed by atoms with Gasteiger partial charge in [-0.15, -0.1) is 0 Å². The fourth-order valence-corrected chi connectivity index (χ4v) is 2.93. The van der Waals surface area contributed by atoms with E-state index in [4.69, 9.17) is 11.1 Å². The van der Waals surface area contributed by atoms with E-state index in [0.717, 1.165) is 24.3 Å². The van der Waals surface area contributed by atoms with Gasteiger partial charge in [-0.2, -0.15) is 44.5 Å². The summed E-state index contributed by atoms with van der Waals surface area (Å²) in [6.07, 6.45) is -14.5. The third-order valence-corrected chi connectivity index (χ3v) is 4.38. The normalized spacial score (nSPS) is 12.5.